The summed E-state index contributed by atoms with van der Waals surface area (Å²) in [6.07, 6.45) is 1.79. The van der Waals surface area contributed by atoms with E-state index in [2.05, 4.69) is 17.2 Å². The summed E-state index contributed by atoms with van der Waals surface area (Å²) in [5, 5.41) is 3.05. The lowest BCUT2D eigenvalue weighted by molar-refractivity contribution is 0.745. The normalized spacial score (nSPS) is 10.6. The molecule has 0 fully saturated rings. The fraction of sp³-hybridized carbons (Fsp3) is 0.800. The van der Waals surface area contributed by atoms with Gasteiger partial charge in [0.2, 0.25) is 0 Å². The zero-order valence-electron chi connectivity index (χ0n) is 4.94. The number of nitrogens with one attached hydrogen (secondary N) is 1. The summed E-state index contributed by atoms with van der Waals surface area (Å²) in [5.74, 6) is 0. The van der Waals surface area contributed by atoms with Crippen LogP contribution in [0.2, 0.25) is 0 Å². The number of nitrogens with zero attached hydrogens (tertiary/aromatic N) is 1. The molecule has 0 amide bonds. The Bertz CT molecular complexity index is 50.0. The number of rotatable bonds is 3. The van der Waals surface area contributed by atoms with Crippen molar-refractivity contribution >= 4 is 6.21 Å². The van der Waals surface area contributed by atoms with E-state index in [1.165, 1.54) is 0 Å². The highest BCUT2D eigenvalue weighted by molar-refractivity contribution is 5.52. The molecule has 7 heavy (non-hydrogen) atoms. The average molecular weight is 100 g/mol. The van der Waals surface area contributed by atoms with E-state index in [4.69, 9.17) is 0 Å². The molecular weight excluding hydrogens is 88.1 g/mol. The molecule has 0 aliphatic carbocycles. The number of hydrogen-bond donors (Lipinski definition) is 1. The van der Waals surface area contributed by atoms with E-state index < -0.39 is 0 Å². The van der Waals surface area contributed by atoms with Crippen LogP contribution in [0.15, 0.2) is 4.99 Å². The van der Waals surface area contributed by atoms with Gasteiger partial charge in [0.15, 0.2) is 0 Å². The second-order valence-electron chi connectivity index (χ2n) is 1.20. The molecule has 0 heterocycles. The Morgan fingerprint density at radius 1 is 1.71 bits per heavy atom. The van der Waals surface area contributed by atoms with Gasteiger partial charge in [-0.1, -0.05) is 6.92 Å². The molecule has 42 valence electrons. The van der Waals surface area contributed by atoms with Gasteiger partial charge < -0.3 is 0 Å². The van der Waals surface area contributed by atoms with E-state index in [-0.39, 0.29) is 0 Å². The minimum Gasteiger partial charge on any atom is -0.299 e. The molecule has 0 aliphatic rings. The van der Waals surface area contributed by atoms with Crippen molar-refractivity contribution in [3.63, 3.8) is 0 Å². The van der Waals surface area contributed by atoms with Crippen molar-refractivity contribution in [3.05, 3.63) is 0 Å². The third-order valence-electron chi connectivity index (χ3n) is 0.636. The summed E-state index contributed by atoms with van der Waals surface area (Å²) in [6.45, 7) is 5.73. The third kappa shape index (κ3) is 5.63. The second kappa shape index (κ2) is 5.63. The first-order chi connectivity index (χ1) is 3.41. The molecular formula is C5H12N2. The van der Waals surface area contributed by atoms with Gasteiger partial charge in [-0.05, 0) is 19.7 Å². The van der Waals surface area contributed by atoms with E-state index in [9.17, 15) is 0 Å². The maximum atomic E-state index is 3.93. The number of hydrogen-bond acceptors (Lipinski definition) is 2. The van der Waals surface area contributed by atoms with Crippen LogP contribution in [0.4, 0.5) is 0 Å². The van der Waals surface area contributed by atoms with Gasteiger partial charge in [-0.15, -0.1) is 0 Å². The van der Waals surface area contributed by atoms with Crippen LogP contribution in [-0.2, 0) is 0 Å². The average Bonchev–Trinajstić information content (AvgIpc) is 1.69. The quantitative estimate of drug-likeness (QED) is 0.408. The highest BCUT2D eigenvalue weighted by atomic mass is 15.0. The molecule has 0 spiro atoms. The molecule has 0 aromatic heterocycles. The van der Waals surface area contributed by atoms with E-state index in [1.54, 1.807) is 6.21 Å². The van der Waals surface area contributed by atoms with Crippen LogP contribution >= 0.6 is 0 Å². The second-order valence-corrected chi connectivity index (χ2v) is 1.20. The summed E-state index contributed by atoms with van der Waals surface area (Å²) in [5.41, 5.74) is 0. The van der Waals surface area contributed by atoms with Crippen molar-refractivity contribution in [2.24, 2.45) is 4.99 Å². The maximum Gasteiger partial charge on any atom is 0.0880 e. The van der Waals surface area contributed by atoms with Crippen LogP contribution in [0.5, 0.6) is 0 Å². The SMILES string of the molecule is C/C=N/CNCC. The Kier molecular flexibility index (Phi) is 5.33. The van der Waals surface area contributed by atoms with Crippen molar-refractivity contribution in [1.29, 1.82) is 0 Å². The lowest BCUT2D eigenvalue weighted by atomic mass is 10.7. The first-order valence-corrected chi connectivity index (χ1v) is 2.57. The van der Waals surface area contributed by atoms with E-state index in [0.29, 0.717) is 0 Å². The van der Waals surface area contributed by atoms with Crippen molar-refractivity contribution in [2.75, 3.05) is 13.2 Å². The minimum absolute atomic E-state index is 0.757. The Hall–Kier alpha value is -0.370. The molecule has 2 heteroatoms. The molecule has 0 aromatic rings. The molecule has 0 aromatic carbocycles. The Morgan fingerprint density at radius 3 is 2.86 bits per heavy atom. The molecule has 0 bridgehead atoms. The molecule has 0 saturated heterocycles. The molecule has 0 atom stereocenters. The Morgan fingerprint density at radius 2 is 2.43 bits per heavy atom. The van der Waals surface area contributed by atoms with Gasteiger partial charge in [-0.2, -0.15) is 0 Å². The van der Waals surface area contributed by atoms with Crippen LogP contribution in [0.1, 0.15) is 13.8 Å². The van der Waals surface area contributed by atoms with Gasteiger partial charge in [-0.3, -0.25) is 10.3 Å². The van der Waals surface area contributed by atoms with Crippen LogP contribution in [0.25, 0.3) is 0 Å². The molecule has 0 radical (unpaired) electrons. The predicted molar refractivity (Wildman–Crippen MR) is 32.7 cm³/mol. The summed E-state index contributed by atoms with van der Waals surface area (Å²) >= 11 is 0. The summed E-state index contributed by atoms with van der Waals surface area (Å²) in [7, 11) is 0. The molecule has 2 nitrogen and oxygen atoms in total. The lowest BCUT2D eigenvalue weighted by Crippen LogP contribution is -2.11. The Balaban J connectivity index is 2.69. The summed E-state index contributed by atoms with van der Waals surface area (Å²) < 4.78 is 0. The van der Waals surface area contributed by atoms with Crippen molar-refractivity contribution < 1.29 is 0 Å². The van der Waals surface area contributed by atoms with Crippen molar-refractivity contribution in [1.82, 2.24) is 5.32 Å². The van der Waals surface area contributed by atoms with E-state index in [0.717, 1.165) is 13.2 Å². The lowest BCUT2D eigenvalue weighted by Gasteiger charge is -1.89. The largest absolute Gasteiger partial charge is 0.299 e. The maximum absolute atomic E-state index is 3.93. The summed E-state index contributed by atoms with van der Waals surface area (Å²) in [4.78, 5) is 3.93. The van der Waals surface area contributed by atoms with Gasteiger partial charge in [0.05, 0.1) is 6.67 Å². The minimum atomic E-state index is 0.757. The van der Waals surface area contributed by atoms with Gasteiger partial charge in [0.25, 0.3) is 0 Å². The fourth-order valence-electron chi connectivity index (χ4n) is 0.268. The highest BCUT2D eigenvalue weighted by Gasteiger charge is 1.68. The van der Waals surface area contributed by atoms with E-state index in [1.807, 2.05) is 6.92 Å². The molecule has 0 rings (SSSR count). The fourth-order valence-corrected chi connectivity index (χ4v) is 0.268. The van der Waals surface area contributed by atoms with Crippen LogP contribution in [0.3, 0.4) is 0 Å². The summed E-state index contributed by atoms with van der Waals surface area (Å²) in [6, 6.07) is 0. The van der Waals surface area contributed by atoms with Crippen LogP contribution in [0, 0.1) is 0 Å². The van der Waals surface area contributed by atoms with Crippen LogP contribution in [-0.4, -0.2) is 19.4 Å². The Labute approximate surface area is 44.6 Å². The van der Waals surface area contributed by atoms with E-state index >= 15 is 0 Å². The zero-order valence-corrected chi connectivity index (χ0v) is 4.94. The standard InChI is InChI=1S/C5H12N2/c1-3-6-5-7-4-2/h3,7H,4-5H2,1-2H3/b6-3+. The van der Waals surface area contributed by atoms with Gasteiger partial charge in [0, 0.05) is 0 Å². The first-order valence-electron chi connectivity index (χ1n) is 2.57. The molecule has 0 unspecified atom stereocenters. The van der Waals surface area contributed by atoms with Gasteiger partial charge in [-0.25, -0.2) is 0 Å². The van der Waals surface area contributed by atoms with Gasteiger partial charge in [0.1, 0.15) is 0 Å². The highest BCUT2D eigenvalue weighted by Crippen LogP contribution is 1.58. The van der Waals surface area contributed by atoms with Crippen molar-refractivity contribution in [2.45, 2.75) is 13.8 Å². The predicted octanol–water partition coefficient (Wildman–Crippen LogP) is 0.644. The molecule has 0 aliphatic heterocycles. The first kappa shape index (κ1) is 6.63. The third-order valence-corrected chi connectivity index (χ3v) is 0.636. The monoisotopic (exact) mass is 100 g/mol. The number of aliphatic imine (C=N–C) groups is 1. The zero-order chi connectivity index (χ0) is 5.54. The molecule has 1 N–H and O–H groups in total. The van der Waals surface area contributed by atoms with Gasteiger partial charge >= 0.3 is 0 Å². The topological polar surface area (TPSA) is 24.4 Å². The van der Waals surface area contributed by atoms with Crippen LogP contribution < -0.4 is 5.32 Å². The smallest absolute Gasteiger partial charge is 0.0880 e. The molecule has 0 saturated carbocycles. The van der Waals surface area contributed by atoms with Crippen molar-refractivity contribution in [3.8, 4) is 0 Å².